The predicted molar refractivity (Wildman–Crippen MR) is 50.1 cm³/mol. The molecule has 16 heavy (non-hydrogen) atoms. The summed E-state index contributed by atoms with van der Waals surface area (Å²) in [6.07, 6.45) is -4.11. The van der Waals surface area contributed by atoms with Crippen molar-refractivity contribution in [2.24, 2.45) is 0 Å². The maximum atomic E-state index is 10.3. The summed E-state index contributed by atoms with van der Waals surface area (Å²) in [4.78, 5) is 0. The van der Waals surface area contributed by atoms with E-state index in [0.29, 0.717) is 0 Å². The van der Waals surface area contributed by atoms with Crippen LogP contribution in [0.2, 0.25) is 0 Å². The van der Waals surface area contributed by atoms with E-state index in [9.17, 15) is 18.6 Å². The molecular weight excluding hydrogens is 244 g/mol. The van der Waals surface area contributed by atoms with Gasteiger partial charge in [0.25, 0.3) is 0 Å². The Morgan fingerprint density at radius 1 is 1.44 bits per heavy atom. The highest BCUT2D eigenvalue weighted by atomic mass is 32.3. The maximum absolute atomic E-state index is 10.3. The average Bonchev–Trinajstić information content (AvgIpc) is 2.18. The van der Waals surface area contributed by atoms with Gasteiger partial charge in [-0.1, -0.05) is 0 Å². The van der Waals surface area contributed by atoms with Gasteiger partial charge < -0.3 is 19.7 Å². The highest BCUT2D eigenvalue weighted by Gasteiger charge is 2.39. The lowest BCUT2D eigenvalue weighted by Crippen LogP contribution is -2.55. The summed E-state index contributed by atoms with van der Waals surface area (Å²) in [5.41, 5.74) is 0. The van der Waals surface area contributed by atoms with E-state index in [0.717, 1.165) is 0 Å². The molecule has 9 heteroatoms. The monoisotopic (exact) mass is 258 g/mol. The molecule has 0 radical (unpaired) electrons. The molecule has 1 aliphatic rings. The third kappa shape index (κ3) is 3.63. The van der Waals surface area contributed by atoms with Crippen LogP contribution < -0.4 is 0 Å². The van der Waals surface area contributed by atoms with Gasteiger partial charge in [0.05, 0.1) is 13.2 Å². The van der Waals surface area contributed by atoms with E-state index in [2.05, 4.69) is 4.18 Å². The standard InChI is InChI=1S/C7H14O8S/c1-13-7-5(3-15-16(10,11)12)14-2-4(8)6(7)9/h4-9H,2-3H2,1H3,(H,10,11,12)/t4-,5+,6+,7+/m0/s1. The largest absolute Gasteiger partial charge is 0.397 e. The van der Waals surface area contributed by atoms with Crippen molar-refractivity contribution in [2.45, 2.75) is 24.4 Å². The molecule has 0 spiro atoms. The average molecular weight is 258 g/mol. The Morgan fingerprint density at radius 2 is 2.06 bits per heavy atom. The first kappa shape index (κ1) is 13.8. The first-order chi connectivity index (χ1) is 7.35. The number of aliphatic hydroxyl groups is 2. The summed E-state index contributed by atoms with van der Waals surface area (Å²) in [6.45, 7) is -0.665. The molecule has 0 aromatic carbocycles. The summed E-state index contributed by atoms with van der Waals surface area (Å²) >= 11 is 0. The molecule has 0 aromatic heterocycles. The second-order valence-corrected chi connectivity index (χ2v) is 4.43. The van der Waals surface area contributed by atoms with E-state index in [-0.39, 0.29) is 6.61 Å². The van der Waals surface area contributed by atoms with Crippen LogP contribution in [0.5, 0.6) is 0 Å². The normalized spacial score (nSPS) is 36.2. The minimum atomic E-state index is -4.57. The van der Waals surface area contributed by atoms with Crippen LogP contribution in [-0.4, -0.2) is 67.9 Å². The van der Waals surface area contributed by atoms with Crippen molar-refractivity contribution in [1.82, 2.24) is 0 Å². The summed E-state index contributed by atoms with van der Waals surface area (Å²) in [5, 5.41) is 18.8. The molecule has 1 saturated heterocycles. The van der Waals surface area contributed by atoms with Gasteiger partial charge in [-0.3, -0.25) is 4.55 Å². The molecule has 1 heterocycles. The van der Waals surface area contributed by atoms with E-state index in [1.807, 2.05) is 0 Å². The van der Waals surface area contributed by atoms with Crippen LogP contribution in [0.15, 0.2) is 0 Å². The number of aliphatic hydroxyl groups excluding tert-OH is 2. The van der Waals surface area contributed by atoms with Gasteiger partial charge in [-0.2, -0.15) is 8.42 Å². The number of hydrogen-bond donors (Lipinski definition) is 3. The van der Waals surface area contributed by atoms with Crippen LogP contribution in [0, 0.1) is 0 Å². The molecule has 0 amide bonds. The van der Waals surface area contributed by atoms with Crippen molar-refractivity contribution in [3.8, 4) is 0 Å². The molecule has 1 fully saturated rings. The Kier molecular flexibility index (Phi) is 4.62. The second-order valence-electron chi connectivity index (χ2n) is 3.34. The fraction of sp³-hybridized carbons (Fsp3) is 1.00. The van der Waals surface area contributed by atoms with E-state index in [1.54, 1.807) is 0 Å². The van der Waals surface area contributed by atoms with Crippen LogP contribution >= 0.6 is 0 Å². The Balaban J connectivity index is 2.58. The number of ether oxygens (including phenoxy) is 2. The fourth-order valence-electron chi connectivity index (χ4n) is 1.44. The van der Waals surface area contributed by atoms with Gasteiger partial charge in [-0.25, -0.2) is 4.18 Å². The topological polar surface area (TPSA) is 123 Å². The van der Waals surface area contributed by atoms with Crippen molar-refractivity contribution in [2.75, 3.05) is 20.3 Å². The lowest BCUT2D eigenvalue weighted by Gasteiger charge is -2.36. The van der Waals surface area contributed by atoms with Crippen LogP contribution in [0.3, 0.4) is 0 Å². The second kappa shape index (κ2) is 5.36. The minimum Gasteiger partial charge on any atom is -0.388 e. The molecule has 0 aromatic rings. The minimum absolute atomic E-state index is 0.166. The van der Waals surface area contributed by atoms with Gasteiger partial charge in [-0.05, 0) is 0 Å². The van der Waals surface area contributed by atoms with Crippen molar-refractivity contribution < 1.29 is 36.8 Å². The summed E-state index contributed by atoms with van der Waals surface area (Å²) in [5.74, 6) is 0. The Labute approximate surface area is 92.7 Å². The summed E-state index contributed by atoms with van der Waals surface area (Å²) in [6, 6.07) is 0. The van der Waals surface area contributed by atoms with Crippen LogP contribution in [0.25, 0.3) is 0 Å². The summed E-state index contributed by atoms with van der Waals surface area (Å²) < 4.78 is 43.0. The Morgan fingerprint density at radius 3 is 2.56 bits per heavy atom. The van der Waals surface area contributed by atoms with Crippen LogP contribution in [0.1, 0.15) is 0 Å². The van der Waals surface area contributed by atoms with E-state index in [1.165, 1.54) is 7.11 Å². The third-order valence-corrected chi connectivity index (χ3v) is 2.67. The molecule has 0 bridgehead atoms. The van der Waals surface area contributed by atoms with E-state index in [4.69, 9.17) is 14.0 Å². The predicted octanol–water partition coefficient (Wildman–Crippen LogP) is -2.06. The van der Waals surface area contributed by atoms with Gasteiger partial charge >= 0.3 is 10.4 Å². The lowest BCUT2D eigenvalue weighted by molar-refractivity contribution is -0.202. The zero-order valence-electron chi connectivity index (χ0n) is 8.51. The van der Waals surface area contributed by atoms with Crippen molar-refractivity contribution >= 4 is 10.4 Å². The van der Waals surface area contributed by atoms with Gasteiger partial charge in [0, 0.05) is 7.11 Å². The molecule has 0 aliphatic carbocycles. The van der Waals surface area contributed by atoms with Crippen LogP contribution in [-0.2, 0) is 24.1 Å². The molecule has 0 unspecified atom stereocenters. The molecule has 4 atom stereocenters. The number of hydrogen-bond acceptors (Lipinski definition) is 7. The summed E-state index contributed by atoms with van der Waals surface area (Å²) in [7, 11) is -3.29. The van der Waals surface area contributed by atoms with Crippen molar-refractivity contribution in [1.29, 1.82) is 0 Å². The molecule has 1 rings (SSSR count). The number of methoxy groups -OCH3 is 1. The Bertz CT molecular complexity index is 314. The van der Waals surface area contributed by atoms with E-state index >= 15 is 0 Å². The smallest absolute Gasteiger partial charge is 0.388 e. The molecule has 0 saturated carbocycles. The Hall–Kier alpha value is -0.290. The first-order valence-corrected chi connectivity index (χ1v) is 5.84. The quantitative estimate of drug-likeness (QED) is 0.492. The van der Waals surface area contributed by atoms with Crippen molar-refractivity contribution in [3.05, 3.63) is 0 Å². The van der Waals surface area contributed by atoms with Crippen molar-refractivity contribution in [3.63, 3.8) is 0 Å². The first-order valence-electron chi connectivity index (χ1n) is 4.47. The number of rotatable bonds is 4. The van der Waals surface area contributed by atoms with Gasteiger partial charge in [0.2, 0.25) is 0 Å². The van der Waals surface area contributed by atoms with Crippen LogP contribution in [0.4, 0.5) is 0 Å². The highest BCUT2D eigenvalue weighted by molar-refractivity contribution is 7.80. The molecule has 8 nitrogen and oxygen atoms in total. The van der Waals surface area contributed by atoms with Gasteiger partial charge in [0.1, 0.15) is 24.4 Å². The molecule has 1 aliphatic heterocycles. The van der Waals surface area contributed by atoms with Gasteiger partial charge in [0.15, 0.2) is 0 Å². The molecular formula is C7H14O8S. The highest BCUT2D eigenvalue weighted by Crippen LogP contribution is 2.18. The molecule has 3 N–H and O–H groups in total. The zero-order chi connectivity index (χ0) is 12.3. The SMILES string of the molecule is CO[C@H]1[C@H](O)[C@@H](O)CO[C@@H]1COS(=O)(=O)O. The fourth-order valence-corrected chi connectivity index (χ4v) is 1.75. The van der Waals surface area contributed by atoms with E-state index < -0.39 is 41.4 Å². The van der Waals surface area contributed by atoms with Gasteiger partial charge in [-0.15, -0.1) is 0 Å². The maximum Gasteiger partial charge on any atom is 0.397 e. The zero-order valence-corrected chi connectivity index (χ0v) is 9.33. The molecule has 96 valence electrons. The third-order valence-electron chi connectivity index (χ3n) is 2.23. The lowest BCUT2D eigenvalue weighted by atomic mass is 10.0.